The highest BCUT2D eigenvalue weighted by molar-refractivity contribution is 7.07. The molecule has 0 aliphatic rings. The van der Waals surface area contributed by atoms with Gasteiger partial charge in [0.25, 0.3) is 17.2 Å². The van der Waals surface area contributed by atoms with Crippen molar-refractivity contribution in [3.63, 3.8) is 0 Å². The summed E-state index contributed by atoms with van der Waals surface area (Å²) in [6.07, 6.45) is 1.58. The summed E-state index contributed by atoms with van der Waals surface area (Å²) in [6.45, 7) is 3.88. The molecule has 36 heavy (non-hydrogen) atoms. The number of nitrogens with one attached hydrogen (secondary N) is 1. The number of hydrogen-bond donors (Lipinski definition) is 1. The molecule has 1 N–H and O–H groups in total. The van der Waals surface area contributed by atoms with Gasteiger partial charge in [0.05, 0.1) is 15.1 Å². The molecule has 1 heterocycles. The Bertz CT molecular complexity index is 1700. The maximum Gasteiger partial charge on any atom is 0.273 e. The summed E-state index contributed by atoms with van der Waals surface area (Å²) in [5.41, 5.74) is 2.99. The molecule has 1 amide bonds. The number of non-ortho nitro benzene ring substituents is 1. The Morgan fingerprint density at radius 3 is 2.36 bits per heavy atom. The number of nitrogens with zero attached hydrogens (tertiary/aromatic N) is 3. The van der Waals surface area contributed by atoms with Crippen LogP contribution in [0.1, 0.15) is 16.7 Å². The molecule has 4 aromatic rings. The molecule has 0 bridgehead atoms. The highest BCUT2D eigenvalue weighted by atomic mass is 32.1. The van der Waals surface area contributed by atoms with Crippen molar-refractivity contribution < 1.29 is 9.72 Å². The second kappa shape index (κ2) is 10.2. The van der Waals surface area contributed by atoms with Crippen LogP contribution >= 0.6 is 11.3 Å². The number of aryl methyl sites for hydroxylation is 2. The summed E-state index contributed by atoms with van der Waals surface area (Å²) < 4.78 is 1.79. The number of anilines is 1. The van der Waals surface area contributed by atoms with E-state index in [4.69, 9.17) is 0 Å². The number of aromatic nitrogens is 1. The van der Waals surface area contributed by atoms with E-state index in [-0.39, 0.29) is 20.5 Å². The maximum atomic E-state index is 13.4. The zero-order valence-corrected chi connectivity index (χ0v) is 20.2. The fraction of sp³-hybridized carbons (Fsp3) is 0.0741. The van der Waals surface area contributed by atoms with Gasteiger partial charge in [-0.25, -0.2) is 0 Å². The van der Waals surface area contributed by atoms with E-state index in [1.165, 1.54) is 28.8 Å². The lowest BCUT2D eigenvalue weighted by Gasteiger charge is -2.07. The molecule has 178 valence electrons. The average molecular weight is 497 g/mol. The normalized spacial score (nSPS) is 12.1. The van der Waals surface area contributed by atoms with Crippen molar-refractivity contribution in [1.29, 1.82) is 5.26 Å². The number of carbonyl (C=O) groups is 1. The summed E-state index contributed by atoms with van der Waals surface area (Å²) >= 11 is 1.00. The molecule has 0 saturated heterocycles. The van der Waals surface area contributed by atoms with Crippen LogP contribution in [0.25, 0.3) is 17.3 Å². The molecule has 8 nitrogen and oxygen atoms in total. The van der Waals surface area contributed by atoms with Crippen molar-refractivity contribution in [2.45, 2.75) is 13.8 Å². The van der Waals surface area contributed by atoms with E-state index in [0.717, 1.165) is 22.5 Å². The molecule has 4 rings (SSSR count). The molecule has 3 aromatic carbocycles. The van der Waals surface area contributed by atoms with Gasteiger partial charge in [-0.2, -0.15) is 5.26 Å². The lowest BCUT2D eigenvalue weighted by atomic mass is 10.1. The predicted octanol–water partition coefficient (Wildman–Crippen LogP) is 3.57. The Labute approximate surface area is 209 Å². The van der Waals surface area contributed by atoms with Gasteiger partial charge in [0.15, 0.2) is 5.57 Å². The van der Waals surface area contributed by atoms with Crippen molar-refractivity contribution in [1.82, 2.24) is 4.57 Å². The van der Waals surface area contributed by atoms with Gasteiger partial charge in [0.1, 0.15) is 10.7 Å². The third-order valence-corrected chi connectivity index (χ3v) is 6.65. The second-order valence-corrected chi connectivity index (χ2v) is 9.01. The minimum Gasteiger partial charge on any atom is -0.321 e. The van der Waals surface area contributed by atoms with Crippen LogP contribution in [0.5, 0.6) is 0 Å². The molecule has 9 heteroatoms. The number of thiazole rings is 1. The fourth-order valence-corrected chi connectivity index (χ4v) is 4.62. The minimum atomic E-state index is -0.631. The minimum absolute atomic E-state index is 0.0659. The Hall–Kier alpha value is -4.81. The van der Waals surface area contributed by atoms with Gasteiger partial charge in [0.2, 0.25) is 0 Å². The van der Waals surface area contributed by atoms with Crippen LogP contribution in [0, 0.1) is 35.3 Å². The van der Waals surface area contributed by atoms with Crippen LogP contribution in [0.2, 0.25) is 0 Å². The Morgan fingerprint density at radius 1 is 1.06 bits per heavy atom. The summed E-state index contributed by atoms with van der Waals surface area (Å²) in [6, 6.07) is 21.9. The van der Waals surface area contributed by atoms with Crippen LogP contribution in [-0.2, 0) is 4.79 Å². The number of para-hydroxylation sites is 1. The van der Waals surface area contributed by atoms with Crippen molar-refractivity contribution in [2.24, 2.45) is 0 Å². The topological polar surface area (TPSA) is 118 Å². The Morgan fingerprint density at radius 2 is 1.75 bits per heavy atom. The van der Waals surface area contributed by atoms with Gasteiger partial charge in [-0.05, 0) is 73.0 Å². The molecule has 0 fully saturated rings. The van der Waals surface area contributed by atoms with Crippen molar-refractivity contribution >= 4 is 40.3 Å². The van der Waals surface area contributed by atoms with Crippen molar-refractivity contribution in [2.75, 3.05) is 5.32 Å². The van der Waals surface area contributed by atoms with E-state index in [1.807, 2.05) is 32.0 Å². The van der Waals surface area contributed by atoms with Crippen molar-refractivity contribution in [3.8, 4) is 11.8 Å². The van der Waals surface area contributed by atoms with Gasteiger partial charge < -0.3 is 5.32 Å². The fourth-order valence-electron chi connectivity index (χ4n) is 3.51. The number of benzene rings is 3. The lowest BCUT2D eigenvalue weighted by molar-refractivity contribution is -0.384. The zero-order valence-electron chi connectivity index (χ0n) is 19.4. The second-order valence-electron chi connectivity index (χ2n) is 7.98. The summed E-state index contributed by atoms with van der Waals surface area (Å²) in [4.78, 5) is 37.0. The van der Waals surface area contributed by atoms with Gasteiger partial charge in [0, 0.05) is 17.8 Å². The van der Waals surface area contributed by atoms with Crippen LogP contribution in [0.3, 0.4) is 0 Å². The maximum absolute atomic E-state index is 13.4. The third kappa shape index (κ3) is 4.99. The number of rotatable bonds is 5. The molecule has 0 saturated carbocycles. The molecule has 0 aliphatic heterocycles. The van der Waals surface area contributed by atoms with Gasteiger partial charge >= 0.3 is 0 Å². The number of hydrogen-bond acceptors (Lipinski definition) is 6. The van der Waals surface area contributed by atoms with Crippen LogP contribution in [0.4, 0.5) is 11.4 Å². The molecule has 0 aliphatic carbocycles. The number of nitriles is 1. The van der Waals surface area contributed by atoms with E-state index in [0.29, 0.717) is 16.9 Å². The van der Waals surface area contributed by atoms with Gasteiger partial charge in [-0.15, -0.1) is 11.3 Å². The molecule has 0 radical (unpaired) electrons. The highest BCUT2D eigenvalue weighted by Gasteiger charge is 2.17. The molecule has 0 atom stereocenters. The third-order valence-electron chi connectivity index (χ3n) is 5.56. The monoisotopic (exact) mass is 496 g/mol. The van der Waals surface area contributed by atoms with Gasteiger partial charge in [-0.1, -0.05) is 24.3 Å². The summed E-state index contributed by atoms with van der Waals surface area (Å²) in [7, 11) is 0. The first-order valence-corrected chi connectivity index (χ1v) is 11.7. The smallest absolute Gasteiger partial charge is 0.273 e. The summed E-state index contributed by atoms with van der Waals surface area (Å²) in [5.74, 6) is -0.631. The van der Waals surface area contributed by atoms with Crippen LogP contribution < -0.4 is 20.1 Å². The predicted molar refractivity (Wildman–Crippen MR) is 139 cm³/mol. The highest BCUT2D eigenvalue weighted by Crippen LogP contribution is 2.15. The van der Waals surface area contributed by atoms with Crippen LogP contribution in [-0.4, -0.2) is 15.4 Å². The van der Waals surface area contributed by atoms with Crippen LogP contribution in [0.15, 0.2) is 77.6 Å². The quantitative estimate of drug-likeness (QED) is 0.335. The largest absolute Gasteiger partial charge is 0.321 e. The van der Waals surface area contributed by atoms with E-state index in [2.05, 4.69) is 5.32 Å². The first kappa shape index (κ1) is 24.3. The lowest BCUT2D eigenvalue weighted by Crippen LogP contribution is -2.32. The number of amides is 1. The zero-order chi connectivity index (χ0) is 25.8. The van der Waals surface area contributed by atoms with Gasteiger partial charge in [-0.3, -0.25) is 24.3 Å². The Balaban J connectivity index is 1.91. The first-order valence-electron chi connectivity index (χ1n) is 10.8. The molecule has 1 aromatic heterocycles. The molecule has 0 unspecified atom stereocenters. The van der Waals surface area contributed by atoms with E-state index in [9.17, 15) is 25.0 Å². The standard InChI is InChI=1S/C27H20N4O4S/c1-17-8-11-20(14-18(17)2)29-25(32)23(16-28)27-30(21-6-4-3-5-7-21)26(33)24(36-27)15-19-9-12-22(13-10-19)31(34)35/h3-15H,1-2H3,(H,29,32). The molecule has 0 spiro atoms. The van der Waals surface area contributed by atoms with E-state index >= 15 is 0 Å². The number of carbonyl (C=O) groups excluding carboxylic acids is 1. The van der Waals surface area contributed by atoms with E-state index < -0.39 is 16.4 Å². The van der Waals surface area contributed by atoms with E-state index in [1.54, 1.807) is 42.5 Å². The molecular formula is C27H20N4O4S. The average Bonchev–Trinajstić information content (AvgIpc) is 3.18. The Kier molecular flexibility index (Phi) is 6.90. The molecular weight excluding hydrogens is 476 g/mol. The SMILES string of the molecule is Cc1ccc(NC(=O)C(C#N)=c2sc(=Cc3ccc([N+](=O)[O-])cc3)c(=O)n2-c2ccccc2)cc1C. The number of nitro groups is 1. The van der Waals surface area contributed by atoms with Crippen molar-refractivity contribution in [3.05, 3.63) is 119 Å². The summed E-state index contributed by atoms with van der Waals surface area (Å²) in [5, 5.41) is 23.6. The number of nitro benzene ring substituents is 1. The first-order chi connectivity index (χ1) is 17.3.